The van der Waals surface area contributed by atoms with Gasteiger partial charge in [-0.3, -0.25) is 14.4 Å². The van der Waals surface area contributed by atoms with Crippen LogP contribution in [-0.4, -0.2) is 37.2 Å². The molecule has 0 aromatic heterocycles. The summed E-state index contributed by atoms with van der Waals surface area (Å²) < 4.78 is 16.9. The second-order valence-corrected chi connectivity index (χ2v) is 19.9. The number of carbonyl (C=O) groups excluding carboxylic acids is 3. The highest BCUT2D eigenvalue weighted by Crippen LogP contribution is 2.17. The van der Waals surface area contributed by atoms with E-state index >= 15 is 0 Å². The molecule has 0 aliphatic rings. The molecule has 0 fully saturated rings. The first-order valence-corrected chi connectivity index (χ1v) is 29.8. The standard InChI is InChI=1S/C63H112O6/c1-4-7-10-13-16-19-22-25-28-31-34-37-40-43-46-49-52-55-61(64)67-58-60(69-63(66)57-54-51-48-45-42-39-36-33-30-27-24-21-18-15-12-9-6-3)59-68-62(65)56-53-50-47-44-41-38-35-32-29-26-23-20-17-14-11-8-5-2/h7,10,16,19,25,28,34,37,43,46,60H,4-6,8-9,11-15,17-18,20-24,26-27,29-33,35-36,38-42,44-45,47-59H2,1-3H3/b10-7-,19-16-,28-25-,37-34-,46-43-/t60-/m1/s1. The van der Waals surface area contributed by atoms with Crippen molar-refractivity contribution in [3.05, 3.63) is 60.8 Å². The number of esters is 3. The first kappa shape index (κ1) is 66.1. The van der Waals surface area contributed by atoms with Crippen LogP contribution in [0.5, 0.6) is 0 Å². The molecule has 0 unspecified atom stereocenters. The summed E-state index contributed by atoms with van der Waals surface area (Å²) in [4.78, 5) is 38.2. The van der Waals surface area contributed by atoms with Gasteiger partial charge in [-0.05, 0) is 57.8 Å². The third-order valence-corrected chi connectivity index (χ3v) is 13.0. The smallest absolute Gasteiger partial charge is 0.306 e. The monoisotopic (exact) mass is 965 g/mol. The van der Waals surface area contributed by atoms with Crippen LogP contribution in [-0.2, 0) is 28.6 Å². The van der Waals surface area contributed by atoms with E-state index < -0.39 is 6.10 Å². The zero-order valence-corrected chi connectivity index (χ0v) is 45.8. The molecule has 6 heteroatoms. The molecule has 400 valence electrons. The number of allylic oxidation sites excluding steroid dienone is 10. The van der Waals surface area contributed by atoms with Crippen molar-refractivity contribution in [1.82, 2.24) is 0 Å². The van der Waals surface area contributed by atoms with Crippen LogP contribution in [0.1, 0.15) is 303 Å². The average Bonchev–Trinajstić information content (AvgIpc) is 3.35. The number of rotatable bonds is 54. The zero-order chi connectivity index (χ0) is 50.0. The van der Waals surface area contributed by atoms with Gasteiger partial charge in [-0.25, -0.2) is 0 Å². The molecule has 0 bridgehead atoms. The van der Waals surface area contributed by atoms with Gasteiger partial charge in [0, 0.05) is 19.3 Å². The van der Waals surface area contributed by atoms with Crippen molar-refractivity contribution in [2.45, 2.75) is 309 Å². The average molecular weight is 966 g/mol. The molecule has 1 atom stereocenters. The minimum Gasteiger partial charge on any atom is -0.462 e. The Morgan fingerprint density at radius 1 is 0.304 bits per heavy atom. The Labute approximate surface area is 428 Å². The highest BCUT2D eigenvalue weighted by molar-refractivity contribution is 5.71. The number of ether oxygens (including phenoxy) is 3. The Balaban J connectivity index is 4.42. The van der Waals surface area contributed by atoms with E-state index in [4.69, 9.17) is 14.2 Å². The Morgan fingerprint density at radius 3 is 0.884 bits per heavy atom. The van der Waals surface area contributed by atoms with Gasteiger partial charge in [-0.2, -0.15) is 0 Å². The molecule has 0 radical (unpaired) electrons. The highest BCUT2D eigenvalue weighted by Gasteiger charge is 2.19. The molecule has 0 aromatic rings. The van der Waals surface area contributed by atoms with Crippen LogP contribution in [0.2, 0.25) is 0 Å². The first-order valence-electron chi connectivity index (χ1n) is 29.8. The molecule has 69 heavy (non-hydrogen) atoms. The van der Waals surface area contributed by atoms with Gasteiger partial charge in [0.15, 0.2) is 6.10 Å². The van der Waals surface area contributed by atoms with E-state index in [2.05, 4.69) is 81.5 Å². The number of hydrogen-bond acceptors (Lipinski definition) is 6. The predicted molar refractivity (Wildman–Crippen MR) is 298 cm³/mol. The predicted octanol–water partition coefficient (Wildman–Crippen LogP) is 20.0. The Kier molecular flexibility index (Phi) is 55.3. The molecule has 0 amide bonds. The maximum atomic E-state index is 12.9. The molecular formula is C63H112O6. The van der Waals surface area contributed by atoms with Crippen LogP contribution in [0.25, 0.3) is 0 Å². The van der Waals surface area contributed by atoms with Crippen LogP contribution in [0.3, 0.4) is 0 Å². The lowest BCUT2D eigenvalue weighted by molar-refractivity contribution is -0.167. The minimum atomic E-state index is -0.794. The SMILES string of the molecule is CC/C=C\C/C=C\C/C=C\C/C=C\C/C=C\CCCC(=O)OC[C@H](COC(=O)CCCCCCCCCCCCCCCCCCC)OC(=O)CCCCCCCCCCCCCCCCCCC. The summed E-state index contributed by atoms with van der Waals surface area (Å²) in [7, 11) is 0. The van der Waals surface area contributed by atoms with Crippen LogP contribution in [0, 0.1) is 0 Å². The summed E-state index contributed by atoms with van der Waals surface area (Å²) in [5, 5.41) is 0. The van der Waals surface area contributed by atoms with Crippen molar-refractivity contribution in [2.75, 3.05) is 13.2 Å². The van der Waals surface area contributed by atoms with Gasteiger partial charge in [-0.1, -0.05) is 287 Å². The van der Waals surface area contributed by atoms with Crippen molar-refractivity contribution in [2.24, 2.45) is 0 Å². The fourth-order valence-electron chi connectivity index (χ4n) is 8.60. The van der Waals surface area contributed by atoms with Crippen molar-refractivity contribution < 1.29 is 28.6 Å². The second kappa shape index (κ2) is 57.7. The lowest BCUT2D eigenvalue weighted by Gasteiger charge is -2.18. The summed E-state index contributed by atoms with van der Waals surface area (Å²) in [6.07, 6.45) is 72.2. The Morgan fingerprint density at radius 2 is 0.565 bits per heavy atom. The summed E-state index contributed by atoms with van der Waals surface area (Å²) in [5.41, 5.74) is 0. The van der Waals surface area contributed by atoms with Crippen molar-refractivity contribution in [3.8, 4) is 0 Å². The first-order chi connectivity index (χ1) is 34.0. The van der Waals surface area contributed by atoms with Crippen molar-refractivity contribution in [1.29, 1.82) is 0 Å². The molecule has 6 nitrogen and oxygen atoms in total. The summed E-state index contributed by atoms with van der Waals surface area (Å²) in [6, 6.07) is 0. The van der Waals surface area contributed by atoms with E-state index in [0.29, 0.717) is 19.3 Å². The summed E-state index contributed by atoms with van der Waals surface area (Å²) in [6.45, 7) is 6.52. The normalized spacial score (nSPS) is 12.4. The van der Waals surface area contributed by atoms with Crippen molar-refractivity contribution >= 4 is 17.9 Å². The quantitative estimate of drug-likeness (QED) is 0.0262. The lowest BCUT2D eigenvalue weighted by Crippen LogP contribution is -2.30. The van der Waals surface area contributed by atoms with Crippen LogP contribution in [0.4, 0.5) is 0 Å². The second-order valence-electron chi connectivity index (χ2n) is 19.9. The van der Waals surface area contributed by atoms with E-state index in [1.54, 1.807) is 0 Å². The van der Waals surface area contributed by atoms with E-state index in [0.717, 1.165) is 77.0 Å². The maximum Gasteiger partial charge on any atom is 0.306 e. The van der Waals surface area contributed by atoms with E-state index in [1.165, 1.54) is 180 Å². The minimum absolute atomic E-state index is 0.0874. The summed E-state index contributed by atoms with van der Waals surface area (Å²) in [5.74, 6) is -0.931. The molecular weight excluding hydrogens is 853 g/mol. The highest BCUT2D eigenvalue weighted by atomic mass is 16.6. The number of hydrogen-bond donors (Lipinski definition) is 0. The zero-order valence-electron chi connectivity index (χ0n) is 45.8. The van der Waals surface area contributed by atoms with Gasteiger partial charge in [-0.15, -0.1) is 0 Å². The van der Waals surface area contributed by atoms with Gasteiger partial charge in [0.1, 0.15) is 13.2 Å². The molecule has 0 aliphatic carbocycles. The molecule has 0 N–H and O–H groups in total. The molecule has 0 rings (SSSR count). The van der Waals surface area contributed by atoms with E-state index in [9.17, 15) is 14.4 Å². The molecule has 0 aromatic carbocycles. The van der Waals surface area contributed by atoms with Crippen LogP contribution in [0.15, 0.2) is 60.8 Å². The Hall–Kier alpha value is -2.89. The number of carbonyl (C=O) groups is 3. The lowest BCUT2D eigenvalue weighted by atomic mass is 10.0. The molecule has 0 spiro atoms. The van der Waals surface area contributed by atoms with Crippen LogP contribution >= 0.6 is 0 Å². The third-order valence-electron chi connectivity index (χ3n) is 13.0. The molecule has 0 heterocycles. The van der Waals surface area contributed by atoms with Crippen LogP contribution < -0.4 is 0 Å². The van der Waals surface area contributed by atoms with Gasteiger partial charge in [0.05, 0.1) is 0 Å². The fourth-order valence-corrected chi connectivity index (χ4v) is 8.60. The van der Waals surface area contributed by atoms with Gasteiger partial charge < -0.3 is 14.2 Å². The van der Waals surface area contributed by atoms with Gasteiger partial charge in [0.2, 0.25) is 0 Å². The summed E-state index contributed by atoms with van der Waals surface area (Å²) >= 11 is 0. The maximum absolute atomic E-state index is 12.9. The third kappa shape index (κ3) is 55.9. The number of unbranched alkanes of at least 4 members (excludes halogenated alkanes) is 33. The van der Waals surface area contributed by atoms with E-state index in [-0.39, 0.29) is 37.5 Å². The molecule has 0 aliphatic heterocycles. The molecule has 0 saturated heterocycles. The topological polar surface area (TPSA) is 78.9 Å². The fraction of sp³-hybridized carbons (Fsp3) is 0.794. The largest absolute Gasteiger partial charge is 0.462 e. The molecule has 0 saturated carbocycles. The van der Waals surface area contributed by atoms with Crippen molar-refractivity contribution in [3.63, 3.8) is 0 Å². The Bertz CT molecular complexity index is 1250. The van der Waals surface area contributed by atoms with E-state index in [1.807, 2.05) is 0 Å². The van der Waals surface area contributed by atoms with Gasteiger partial charge in [0.25, 0.3) is 0 Å². The van der Waals surface area contributed by atoms with Gasteiger partial charge >= 0.3 is 17.9 Å².